The number of nitrogens with zero attached hydrogens (tertiary/aromatic N) is 2. The van der Waals surface area contributed by atoms with Crippen molar-refractivity contribution in [3.05, 3.63) is 18.0 Å². The van der Waals surface area contributed by atoms with Crippen LogP contribution in [-0.2, 0) is 0 Å². The Labute approximate surface area is 94.8 Å². The van der Waals surface area contributed by atoms with Gasteiger partial charge in [0.2, 0.25) is 5.88 Å². The van der Waals surface area contributed by atoms with Crippen molar-refractivity contribution in [3.63, 3.8) is 0 Å². The number of fused-ring (bicyclic) bond motifs is 1. The summed E-state index contributed by atoms with van der Waals surface area (Å²) in [5.74, 6) is 0.179. The van der Waals surface area contributed by atoms with Gasteiger partial charge in [0.1, 0.15) is 0 Å². The van der Waals surface area contributed by atoms with Crippen LogP contribution >= 0.6 is 0 Å². The first-order chi connectivity index (χ1) is 7.97. The fraction of sp³-hybridized carbons (Fsp3) is 0.400. The molecule has 0 fully saturated rings. The monoisotopic (exact) mass is 245 g/mol. The quantitative estimate of drug-likeness (QED) is 0.904. The average molecular weight is 245 g/mol. The molecule has 0 spiro atoms. The minimum Gasteiger partial charge on any atom is -0.477 e. The minimum absolute atomic E-state index is 0.179. The highest BCUT2D eigenvalue weighted by molar-refractivity contribution is 5.85. The lowest BCUT2D eigenvalue weighted by atomic mass is 10.2. The Morgan fingerprint density at radius 3 is 2.88 bits per heavy atom. The van der Waals surface area contributed by atoms with Crippen LogP contribution in [0.15, 0.2) is 12.3 Å². The number of hydrogen-bond acceptors (Lipinski definition) is 3. The second-order valence-corrected chi connectivity index (χ2v) is 3.56. The predicted molar refractivity (Wildman–Crippen MR) is 54.8 cm³/mol. The first-order valence-electron chi connectivity index (χ1n) is 4.96. The standard InChI is InChI=1S/C10H10F3N3O/c1-6-8-7(16-15-6)2-4-14-9(8)17-5-3-10(11,12)13/h2,4H,3,5H2,1H3,(H,15,16). The third-order valence-corrected chi connectivity index (χ3v) is 2.25. The van der Waals surface area contributed by atoms with E-state index < -0.39 is 19.2 Å². The summed E-state index contributed by atoms with van der Waals surface area (Å²) in [7, 11) is 0. The lowest BCUT2D eigenvalue weighted by Crippen LogP contribution is -2.13. The highest BCUT2D eigenvalue weighted by Crippen LogP contribution is 2.25. The molecule has 0 aromatic carbocycles. The molecule has 0 saturated carbocycles. The number of pyridine rings is 1. The molecule has 2 aromatic rings. The summed E-state index contributed by atoms with van der Waals surface area (Å²) in [5, 5.41) is 7.31. The van der Waals surface area contributed by atoms with Gasteiger partial charge in [-0.25, -0.2) is 4.98 Å². The van der Waals surface area contributed by atoms with Crippen molar-refractivity contribution in [1.82, 2.24) is 15.2 Å². The zero-order valence-electron chi connectivity index (χ0n) is 9.01. The van der Waals surface area contributed by atoms with E-state index in [9.17, 15) is 13.2 Å². The second-order valence-electron chi connectivity index (χ2n) is 3.56. The van der Waals surface area contributed by atoms with E-state index in [1.165, 1.54) is 6.20 Å². The van der Waals surface area contributed by atoms with Gasteiger partial charge in [-0.05, 0) is 13.0 Å². The van der Waals surface area contributed by atoms with Crippen LogP contribution in [0, 0.1) is 6.92 Å². The van der Waals surface area contributed by atoms with Gasteiger partial charge in [-0.1, -0.05) is 0 Å². The normalized spacial score (nSPS) is 12.0. The smallest absolute Gasteiger partial charge is 0.392 e. The van der Waals surface area contributed by atoms with Gasteiger partial charge in [0.15, 0.2) is 0 Å². The van der Waals surface area contributed by atoms with E-state index in [0.717, 1.165) is 0 Å². The van der Waals surface area contributed by atoms with Crippen LogP contribution in [0.2, 0.25) is 0 Å². The van der Waals surface area contributed by atoms with Crippen LogP contribution in [0.1, 0.15) is 12.1 Å². The fourth-order valence-corrected chi connectivity index (χ4v) is 1.46. The molecule has 17 heavy (non-hydrogen) atoms. The summed E-state index contributed by atoms with van der Waals surface area (Å²) in [5.41, 5.74) is 1.34. The van der Waals surface area contributed by atoms with Gasteiger partial charge >= 0.3 is 6.18 Å². The molecule has 0 saturated heterocycles. The molecular weight excluding hydrogens is 235 g/mol. The van der Waals surface area contributed by atoms with Crippen molar-refractivity contribution >= 4 is 10.9 Å². The largest absolute Gasteiger partial charge is 0.477 e. The third-order valence-electron chi connectivity index (χ3n) is 2.25. The molecule has 0 aliphatic rings. The summed E-state index contributed by atoms with van der Waals surface area (Å²) < 4.78 is 41.0. The average Bonchev–Trinajstić information content (AvgIpc) is 2.60. The molecule has 2 aromatic heterocycles. The van der Waals surface area contributed by atoms with E-state index in [-0.39, 0.29) is 5.88 Å². The summed E-state index contributed by atoms with van der Waals surface area (Å²) in [6, 6.07) is 1.69. The van der Waals surface area contributed by atoms with E-state index in [0.29, 0.717) is 16.6 Å². The Balaban J connectivity index is 2.16. The first-order valence-corrected chi connectivity index (χ1v) is 4.96. The van der Waals surface area contributed by atoms with E-state index in [2.05, 4.69) is 15.2 Å². The Morgan fingerprint density at radius 1 is 1.41 bits per heavy atom. The molecule has 2 rings (SSSR count). The maximum absolute atomic E-state index is 12.0. The zero-order chi connectivity index (χ0) is 12.5. The lowest BCUT2D eigenvalue weighted by Gasteiger charge is -2.08. The van der Waals surface area contributed by atoms with Crippen molar-refractivity contribution < 1.29 is 17.9 Å². The van der Waals surface area contributed by atoms with Gasteiger partial charge in [0.25, 0.3) is 0 Å². The molecule has 0 aliphatic heterocycles. The number of aromatic nitrogens is 3. The minimum atomic E-state index is -4.22. The molecular formula is C10H10F3N3O. The van der Waals surface area contributed by atoms with Gasteiger partial charge in [-0.15, -0.1) is 0 Å². The second kappa shape index (κ2) is 4.23. The van der Waals surface area contributed by atoms with E-state index >= 15 is 0 Å². The molecule has 7 heteroatoms. The number of rotatable bonds is 3. The summed E-state index contributed by atoms with van der Waals surface area (Å²) >= 11 is 0. The van der Waals surface area contributed by atoms with Gasteiger partial charge in [0.05, 0.1) is 29.6 Å². The van der Waals surface area contributed by atoms with Crippen molar-refractivity contribution in [3.8, 4) is 5.88 Å². The van der Waals surface area contributed by atoms with Crippen LogP contribution in [0.5, 0.6) is 5.88 Å². The molecule has 4 nitrogen and oxygen atoms in total. The van der Waals surface area contributed by atoms with Crippen LogP contribution in [0.3, 0.4) is 0 Å². The van der Waals surface area contributed by atoms with Crippen LogP contribution in [-0.4, -0.2) is 28.0 Å². The van der Waals surface area contributed by atoms with Gasteiger partial charge in [0, 0.05) is 6.20 Å². The lowest BCUT2D eigenvalue weighted by molar-refractivity contribution is -0.139. The molecule has 0 radical (unpaired) electrons. The summed E-state index contributed by atoms with van der Waals surface area (Å²) in [6.07, 6.45) is -3.76. The zero-order valence-corrected chi connectivity index (χ0v) is 9.01. The highest BCUT2D eigenvalue weighted by Gasteiger charge is 2.27. The van der Waals surface area contributed by atoms with Gasteiger partial charge in [-0.3, -0.25) is 5.10 Å². The van der Waals surface area contributed by atoms with Crippen LogP contribution in [0.25, 0.3) is 10.9 Å². The number of hydrogen-bond donors (Lipinski definition) is 1. The Kier molecular flexibility index (Phi) is 2.91. The number of ether oxygens (including phenoxy) is 1. The summed E-state index contributed by atoms with van der Waals surface area (Å²) in [4.78, 5) is 3.91. The molecule has 0 aliphatic carbocycles. The van der Waals surface area contributed by atoms with Gasteiger partial charge < -0.3 is 4.74 Å². The van der Waals surface area contributed by atoms with E-state index in [1.807, 2.05) is 0 Å². The number of aryl methyl sites for hydroxylation is 1. The SMILES string of the molecule is Cc1n[nH]c2ccnc(OCCC(F)(F)F)c12. The van der Waals surface area contributed by atoms with Crippen molar-refractivity contribution in [2.75, 3.05) is 6.61 Å². The first kappa shape index (κ1) is 11.7. The molecule has 0 atom stereocenters. The van der Waals surface area contributed by atoms with Crippen LogP contribution < -0.4 is 4.74 Å². The molecule has 92 valence electrons. The molecule has 1 N–H and O–H groups in total. The third kappa shape index (κ3) is 2.66. The van der Waals surface area contributed by atoms with E-state index in [1.54, 1.807) is 13.0 Å². The molecule has 0 unspecified atom stereocenters. The number of H-pyrrole nitrogens is 1. The Bertz CT molecular complexity index is 521. The number of halogens is 3. The van der Waals surface area contributed by atoms with Crippen LogP contribution in [0.4, 0.5) is 13.2 Å². The van der Waals surface area contributed by atoms with Crippen molar-refractivity contribution in [2.45, 2.75) is 19.5 Å². The topological polar surface area (TPSA) is 50.8 Å². The molecule has 0 bridgehead atoms. The fourth-order valence-electron chi connectivity index (χ4n) is 1.46. The maximum atomic E-state index is 12.0. The molecule has 2 heterocycles. The van der Waals surface area contributed by atoms with Gasteiger partial charge in [-0.2, -0.15) is 18.3 Å². The predicted octanol–water partition coefficient (Wildman–Crippen LogP) is 2.60. The van der Waals surface area contributed by atoms with Crippen molar-refractivity contribution in [2.24, 2.45) is 0 Å². The number of aromatic amines is 1. The van der Waals surface area contributed by atoms with Crippen molar-refractivity contribution in [1.29, 1.82) is 0 Å². The highest BCUT2D eigenvalue weighted by atomic mass is 19.4. The summed E-state index contributed by atoms with van der Waals surface area (Å²) in [6.45, 7) is 1.29. The maximum Gasteiger partial charge on any atom is 0.392 e. The van der Waals surface area contributed by atoms with E-state index in [4.69, 9.17) is 4.74 Å². The molecule has 0 amide bonds. The number of alkyl halides is 3. The Hall–Kier alpha value is -1.79. The Morgan fingerprint density at radius 2 is 2.18 bits per heavy atom. The number of nitrogens with one attached hydrogen (secondary N) is 1.